The number of H-pyrrole nitrogens is 1. The molecule has 66 valence electrons. The van der Waals surface area contributed by atoms with Crippen LogP contribution in [-0.2, 0) is 0 Å². The average Bonchev–Trinajstić information content (AvgIpc) is 2.50. The summed E-state index contributed by atoms with van der Waals surface area (Å²) in [6.45, 7) is 2.59. The molecule has 0 bridgehead atoms. The van der Waals surface area contributed by atoms with Crippen LogP contribution < -0.4 is 4.90 Å². The van der Waals surface area contributed by atoms with Crippen molar-refractivity contribution < 1.29 is 9.90 Å². The molecule has 6 nitrogen and oxygen atoms in total. The summed E-state index contributed by atoms with van der Waals surface area (Å²) in [4.78, 5) is 12.3. The lowest BCUT2D eigenvalue weighted by Crippen LogP contribution is -2.19. The number of anilines is 1. The monoisotopic (exact) mass is 170 g/mol. The Labute approximate surface area is 69.2 Å². The van der Waals surface area contributed by atoms with Gasteiger partial charge < -0.3 is 10.0 Å². The number of nitrogens with zero attached hydrogens (tertiary/aromatic N) is 3. The van der Waals surface area contributed by atoms with E-state index >= 15 is 0 Å². The molecule has 0 aliphatic rings. The molecule has 12 heavy (non-hydrogen) atoms. The van der Waals surface area contributed by atoms with E-state index in [4.69, 9.17) is 5.11 Å². The van der Waals surface area contributed by atoms with Gasteiger partial charge in [-0.15, -0.1) is 10.2 Å². The van der Waals surface area contributed by atoms with Gasteiger partial charge in [0, 0.05) is 13.6 Å². The second kappa shape index (κ2) is 3.21. The van der Waals surface area contributed by atoms with Crippen LogP contribution in [0, 0.1) is 0 Å². The molecule has 0 saturated carbocycles. The molecule has 0 aliphatic heterocycles. The van der Waals surface area contributed by atoms with Crippen molar-refractivity contribution in [3.05, 3.63) is 5.69 Å². The lowest BCUT2D eigenvalue weighted by molar-refractivity contribution is 0.0691. The van der Waals surface area contributed by atoms with E-state index in [0.717, 1.165) is 0 Å². The highest BCUT2D eigenvalue weighted by Crippen LogP contribution is 2.11. The smallest absolute Gasteiger partial charge is 0.360 e. The Hall–Kier alpha value is -1.59. The zero-order valence-corrected chi connectivity index (χ0v) is 6.90. The van der Waals surface area contributed by atoms with Crippen LogP contribution in [0.25, 0.3) is 0 Å². The number of carboxylic acids is 1. The van der Waals surface area contributed by atoms with Gasteiger partial charge in [0.15, 0.2) is 5.82 Å². The molecule has 0 radical (unpaired) electrons. The first-order valence-electron chi connectivity index (χ1n) is 3.52. The van der Waals surface area contributed by atoms with Crippen LogP contribution in [-0.4, -0.2) is 40.1 Å². The first kappa shape index (κ1) is 8.51. The van der Waals surface area contributed by atoms with Gasteiger partial charge in [-0.3, -0.25) is 0 Å². The van der Waals surface area contributed by atoms with Crippen LogP contribution in [0.15, 0.2) is 0 Å². The summed E-state index contributed by atoms with van der Waals surface area (Å²) in [5, 5.41) is 18.1. The van der Waals surface area contributed by atoms with Crippen LogP contribution in [0.4, 0.5) is 5.82 Å². The minimum absolute atomic E-state index is 0.0423. The Bertz CT molecular complexity index is 283. The standard InChI is InChI=1S/C6H10N4O2/c1-3-10(2)5-4(6(11)12)7-9-8-5/h3H2,1-2H3,(H,11,12)(H,7,8,9). The number of aromatic nitrogens is 3. The summed E-state index contributed by atoms with van der Waals surface area (Å²) in [6.07, 6.45) is 0. The predicted octanol–water partition coefficient (Wildman–Crippen LogP) is -0.0410. The predicted molar refractivity (Wildman–Crippen MR) is 42.3 cm³/mol. The van der Waals surface area contributed by atoms with Crippen molar-refractivity contribution in [3.8, 4) is 0 Å². The molecule has 1 heterocycles. The SMILES string of the molecule is CCN(C)c1n[nH]nc1C(=O)O. The van der Waals surface area contributed by atoms with Crippen molar-refractivity contribution in [2.45, 2.75) is 6.92 Å². The highest BCUT2D eigenvalue weighted by atomic mass is 16.4. The van der Waals surface area contributed by atoms with Crippen molar-refractivity contribution in [2.75, 3.05) is 18.5 Å². The van der Waals surface area contributed by atoms with E-state index in [1.54, 1.807) is 11.9 Å². The number of hydrogen-bond donors (Lipinski definition) is 2. The summed E-state index contributed by atoms with van der Waals surface area (Å²) in [5.41, 5.74) is -0.0423. The zero-order valence-electron chi connectivity index (χ0n) is 6.90. The molecular formula is C6H10N4O2. The van der Waals surface area contributed by atoms with Gasteiger partial charge >= 0.3 is 5.97 Å². The van der Waals surface area contributed by atoms with Crippen molar-refractivity contribution in [2.24, 2.45) is 0 Å². The largest absolute Gasteiger partial charge is 0.476 e. The number of rotatable bonds is 3. The molecule has 1 rings (SSSR count). The molecule has 0 saturated heterocycles. The molecule has 0 fully saturated rings. The Morgan fingerprint density at radius 1 is 1.67 bits per heavy atom. The van der Waals surface area contributed by atoms with Crippen molar-refractivity contribution in [3.63, 3.8) is 0 Å². The van der Waals surface area contributed by atoms with Crippen molar-refractivity contribution >= 4 is 11.8 Å². The maximum atomic E-state index is 10.6. The average molecular weight is 170 g/mol. The minimum atomic E-state index is -1.07. The lowest BCUT2D eigenvalue weighted by Gasteiger charge is -2.12. The summed E-state index contributed by atoms with van der Waals surface area (Å²) in [7, 11) is 1.75. The van der Waals surface area contributed by atoms with Crippen LogP contribution in [0.2, 0.25) is 0 Å². The van der Waals surface area contributed by atoms with Crippen LogP contribution in [0.3, 0.4) is 0 Å². The molecule has 0 aromatic carbocycles. The molecule has 0 spiro atoms. The molecule has 0 aliphatic carbocycles. The van der Waals surface area contributed by atoms with Gasteiger partial charge in [0.05, 0.1) is 0 Å². The number of carboxylic acid groups (broad SMARTS) is 1. The third kappa shape index (κ3) is 1.36. The highest BCUT2D eigenvalue weighted by molar-refractivity contribution is 5.90. The third-order valence-electron chi connectivity index (χ3n) is 1.57. The fourth-order valence-corrected chi connectivity index (χ4v) is 0.785. The maximum absolute atomic E-state index is 10.6. The molecule has 0 unspecified atom stereocenters. The topological polar surface area (TPSA) is 82.1 Å². The molecule has 6 heteroatoms. The quantitative estimate of drug-likeness (QED) is 0.665. The number of carbonyl (C=O) groups is 1. The highest BCUT2D eigenvalue weighted by Gasteiger charge is 2.17. The second-order valence-corrected chi connectivity index (χ2v) is 2.32. The van der Waals surface area contributed by atoms with Gasteiger partial charge in [0.1, 0.15) is 0 Å². The van der Waals surface area contributed by atoms with Crippen molar-refractivity contribution in [1.82, 2.24) is 15.4 Å². The van der Waals surface area contributed by atoms with Crippen LogP contribution >= 0.6 is 0 Å². The summed E-state index contributed by atoms with van der Waals surface area (Å²) in [5.74, 6) is -0.705. The summed E-state index contributed by atoms with van der Waals surface area (Å²) >= 11 is 0. The van der Waals surface area contributed by atoms with E-state index in [9.17, 15) is 4.79 Å². The maximum Gasteiger partial charge on any atom is 0.360 e. The molecule has 0 amide bonds. The number of aromatic amines is 1. The Morgan fingerprint density at radius 3 is 2.83 bits per heavy atom. The van der Waals surface area contributed by atoms with Gasteiger partial charge in [0.25, 0.3) is 0 Å². The Kier molecular flexibility index (Phi) is 2.27. The van der Waals surface area contributed by atoms with Gasteiger partial charge in [-0.05, 0) is 6.92 Å². The van der Waals surface area contributed by atoms with E-state index in [1.807, 2.05) is 6.92 Å². The van der Waals surface area contributed by atoms with Gasteiger partial charge in [-0.25, -0.2) is 4.79 Å². The third-order valence-corrected chi connectivity index (χ3v) is 1.57. The van der Waals surface area contributed by atoms with E-state index in [-0.39, 0.29) is 5.69 Å². The van der Waals surface area contributed by atoms with Crippen molar-refractivity contribution in [1.29, 1.82) is 0 Å². The van der Waals surface area contributed by atoms with E-state index in [0.29, 0.717) is 12.4 Å². The Balaban J connectivity index is 2.98. The normalized spacial score (nSPS) is 9.83. The van der Waals surface area contributed by atoms with E-state index < -0.39 is 5.97 Å². The first-order valence-corrected chi connectivity index (χ1v) is 3.52. The number of nitrogens with one attached hydrogen (secondary N) is 1. The lowest BCUT2D eigenvalue weighted by atomic mass is 10.4. The van der Waals surface area contributed by atoms with Crippen LogP contribution in [0.5, 0.6) is 0 Å². The fraction of sp³-hybridized carbons (Fsp3) is 0.500. The molecule has 1 aromatic heterocycles. The molecule has 1 aromatic rings. The van der Waals surface area contributed by atoms with E-state index in [2.05, 4.69) is 15.4 Å². The molecule has 0 atom stereocenters. The second-order valence-electron chi connectivity index (χ2n) is 2.32. The zero-order chi connectivity index (χ0) is 9.14. The van der Waals surface area contributed by atoms with Crippen LogP contribution in [0.1, 0.15) is 17.4 Å². The molecule has 2 N–H and O–H groups in total. The first-order chi connectivity index (χ1) is 5.66. The molecular weight excluding hydrogens is 160 g/mol. The Morgan fingerprint density at radius 2 is 2.33 bits per heavy atom. The van der Waals surface area contributed by atoms with Gasteiger partial charge in [-0.2, -0.15) is 5.21 Å². The summed E-state index contributed by atoms with van der Waals surface area (Å²) in [6, 6.07) is 0. The number of aromatic carboxylic acids is 1. The van der Waals surface area contributed by atoms with Gasteiger partial charge in [-0.1, -0.05) is 0 Å². The van der Waals surface area contributed by atoms with Gasteiger partial charge in [0.2, 0.25) is 5.69 Å². The number of hydrogen-bond acceptors (Lipinski definition) is 4. The fourth-order valence-electron chi connectivity index (χ4n) is 0.785. The van der Waals surface area contributed by atoms with E-state index in [1.165, 1.54) is 0 Å². The minimum Gasteiger partial charge on any atom is -0.476 e. The summed E-state index contributed by atoms with van der Waals surface area (Å²) < 4.78 is 0.